The number of aryl methyl sites for hydroxylation is 3. The maximum Gasteiger partial charge on any atom is 0.258 e. The molecule has 4 aromatic rings. The molecule has 0 radical (unpaired) electrons. The Labute approximate surface area is 209 Å². The molecular weight excluding hydrogens is 458 g/mol. The number of hydrogen-bond donors (Lipinski definition) is 1. The van der Waals surface area contributed by atoms with Gasteiger partial charge in [0.2, 0.25) is 0 Å². The van der Waals surface area contributed by atoms with Gasteiger partial charge in [-0.2, -0.15) is 5.10 Å². The van der Waals surface area contributed by atoms with Crippen LogP contribution in [0.3, 0.4) is 0 Å². The van der Waals surface area contributed by atoms with Gasteiger partial charge in [-0.25, -0.2) is 9.50 Å². The van der Waals surface area contributed by atoms with Crippen LogP contribution in [0.15, 0.2) is 35.4 Å². The van der Waals surface area contributed by atoms with Crippen LogP contribution in [0, 0.1) is 20.8 Å². The topological polar surface area (TPSA) is 101 Å². The van der Waals surface area contributed by atoms with Crippen molar-refractivity contribution in [3.8, 4) is 11.4 Å². The standard InChI is InChI=1S/C26H33N7O3/c1-17-11-21(31-6-5-30(19(3)15-31)7-9-36-10-8-34)16-32-25(35)13-22(28-26(17)32)23-12-24-20(4)27-18(2)14-33(24)29-23/h11-14,16,19,34H,5-10,15H2,1-4H3/t19-/m1/s1. The maximum atomic E-state index is 13.2. The highest BCUT2D eigenvalue weighted by Crippen LogP contribution is 2.24. The summed E-state index contributed by atoms with van der Waals surface area (Å²) in [5.41, 5.74) is 6.35. The lowest BCUT2D eigenvalue weighted by atomic mass is 10.1. The molecule has 1 atom stereocenters. The van der Waals surface area contributed by atoms with Crippen molar-refractivity contribution >= 4 is 16.9 Å². The number of ether oxygens (including phenoxy) is 1. The highest BCUT2D eigenvalue weighted by Gasteiger charge is 2.24. The number of aromatic nitrogens is 5. The molecule has 1 N–H and O–H groups in total. The van der Waals surface area contributed by atoms with E-state index in [1.54, 1.807) is 15.0 Å². The number of rotatable bonds is 7. The minimum atomic E-state index is -0.129. The third-order valence-electron chi connectivity index (χ3n) is 6.84. The van der Waals surface area contributed by atoms with Crippen molar-refractivity contribution in [2.45, 2.75) is 33.7 Å². The predicted octanol–water partition coefficient (Wildman–Crippen LogP) is 1.85. The van der Waals surface area contributed by atoms with Crippen LogP contribution >= 0.6 is 0 Å². The molecule has 1 saturated heterocycles. The van der Waals surface area contributed by atoms with Crippen LogP contribution in [-0.4, -0.2) is 86.0 Å². The molecule has 0 spiro atoms. The second kappa shape index (κ2) is 9.96. The third-order valence-corrected chi connectivity index (χ3v) is 6.84. The average Bonchev–Trinajstić information content (AvgIpc) is 3.27. The lowest BCUT2D eigenvalue weighted by Crippen LogP contribution is -2.52. The number of hydrogen-bond acceptors (Lipinski definition) is 8. The van der Waals surface area contributed by atoms with Crippen molar-refractivity contribution in [2.24, 2.45) is 0 Å². The van der Waals surface area contributed by atoms with Crippen LogP contribution in [0.5, 0.6) is 0 Å². The van der Waals surface area contributed by atoms with E-state index >= 15 is 0 Å². The molecule has 10 heteroatoms. The summed E-state index contributed by atoms with van der Waals surface area (Å²) in [6.45, 7) is 12.6. The first-order chi connectivity index (χ1) is 17.3. The molecule has 0 saturated carbocycles. The van der Waals surface area contributed by atoms with Crippen LogP contribution in [-0.2, 0) is 4.74 Å². The predicted molar refractivity (Wildman–Crippen MR) is 139 cm³/mol. The maximum absolute atomic E-state index is 13.2. The molecular formula is C26H33N7O3. The first-order valence-corrected chi connectivity index (χ1v) is 12.4. The Bertz CT molecular complexity index is 1460. The fourth-order valence-corrected chi connectivity index (χ4v) is 4.98. The summed E-state index contributed by atoms with van der Waals surface area (Å²) in [6.07, 6.45) is 3.77. The van der Waals surface area contributed by atoms with Gasteiger partial charge in [-0.15, -0.1) is 0 Å². The number of aliphatic hydroxyl groups is 1. The quantitative estimate of drug-likeness (QED) is 0.391. The summed E-state index contributed by atoms with van der Waals surface area (Å²) < 4.78 is 8.87. The van der Waals surface area contributed by atoms with Crippen molar-refractivity contribution in [2.75, 3.05) is 50.9 Å². The van der Waals surface area contributed by atoms with Gasteiger partial charge in [0.15, 0.2) is 0 Å². The van der Waals surface area contributed by atoms with E-state index < -0.39 is 0 Å². The van der Waals surface area contributed by atoms with E-state index in [9.17, 15) is 4.79 Å². The molecule has 1 aliphatic heterocycles. The lowest BCUT2D eigenvalue weighted by Gasteiger charge is -2.41. The summed E-state index contributed by atoms with van der Waals surface area (Å²) in [7, 11) is 0. The van der Waals surface area contributed by atoms with Crippen molar-refractivity contribution < 1.29 is 9.84 Å². The van der Waals surface area contributed by atoms with Crippen LogP contribution in [0.2, 0.25) is 0 Å². The normalized spacial score (nSPS) is 16.9. The number of nitrogens with zero attached hydrogens (tertiary/aromatic N) is 7. The second-order valence-electron chi connectivity index (χ2n) is 9.55. The molecule has 5 heterocycles. The molecule has 1 aliphatic rings. The van der Waals surface area contributed by atoms with Gasteiger partial charge in [0.25, 0.3) is 5.56 Å². The van der Waals surface area contributed by atoms with E-state index in [2.05, 4.69) is 32.9 Å². The third kappa shape index (κ3) is 4.71. The van der Waals surface area contributed by atoms with Crippen molar-refractivity contribution in [1.82, 2.24) is 28.9 Å². The molecule has 1 fully saturated rings. The van der Waals surface area contributed by atoms with Crippen LogP contribution in [0.1, 0.15) is 23.9 Å². The molecule has 10 nitrogen and oxygen atoms in total. The van der Waals surface area contributed by atoms with Crippen LogP contribution < -0.4 is 10.5 Å². The van der Waals surface area contributed by atoms with E-state index in [1.165, 1.54) is 0 Å². The minimum absolute atomic E-state index is 0.0518. The van der Waals surface area contributed by atoms with Crippen LogP contribution in [0.4, 0.5) is 5.69 Å². The van der Waals surface area contributed by atoms with E-state index in [0.29, 0.717) is 36.3 Å². The monoisotopic (exact) mass is 491 g/mol. The Morgan fingerprint density at radius 3 is 2.67 bits per heavy atom. The van der Waals surface area contributed by atoms with Gasteiger partial charge in [-0.05, 0) is 45.4 Å². The molecule has 4 aromatic heterocycles. The highest BCUT2D eigenvalue weighted by molar-refractivity contribution is 5.67. The summed E-state index contributed by atoms with van der Waals surface area (Å²) in [6, 6.07) is 5.95. The smallest absolute Gasteiger partial charge is 0.258 e. The van der Waals surface area contributed by atoms with E-state index in [0.717, 1.165) is 54.3 Å². The zero-order valence-corrected chi connectivity index (χ0v) is 21.3. The Balaban J connectivity index is 1.41. The Hall–Kier alpha value is -3.34. The van der Waals surface area contributed by atoms with Crippen molar-refractivity contribution in [1.29, 1.82) is 0 Å². The van der Waals surface area contributed by atoms with E-state index in [4.69, 9.17) is 14.8 Å². The van der Waals surface area contributed by atoms with Gasteiger partial charge in [0.05, 0.1) is 54.3 Å². The molecule has 0 bridgehead atoms. The molecule has 190 valence electrons. The zero-order chi connectivity index (χ0) is 25.4. The number of piperazine rings is 1. The highest BCUT2D eigenvalue weighted by atomic mass is 16.5. The number of anilines is 1. The van der Waals surface area contributed by atoms with Gasteiger partial charge in [0, 0.05) is 44.5 Å². The molecule has 0 aliphatic carbocycles. The van der Waals surface area contributed by atoms with Gasteiger partial charge < -0.3 is 14.7 Å². The average molecular weight is 492 g/mol. The molecule has 0 amide bonds. The largest absolute Gasteiger partial charge is 0.394 e. The lowest BCUT2D eigenvalue weighted by molar-refractivity contribution is 0.0624. The van der Waals surface area contributed by atoms with Gasteiger partial charge in [-0.1, -0.05) is 0 Å². The Kier molecular flexibility index (Phi) is 6.74. The molecule has 36 heavy (non-hydrogen) atoms. The molecule has 0 unspecified atom stereocenters. The van der Waals surface area contributed by atoms with Crippen molar-refractivity contribution in [3.63, 3.8) is 0 Å². The fraction of sp³-hybridized carbons (Fsp3) is 0.462. The fourth-order valence-electron chi connectivity index (χ4n) is 4.98. The Morgan fingerprint density at radius 1 is 1.06 bits per heavy atom. The van der Waals surface area contributed by atoms with E-state index in [-0.39, 0.29) is 12.2 Å². The molecule has 5 rings (SSSR count). The number of fused-ring (bicyclic) bond motifs is 2. The summed E-state index contributed by atoms with van der Waals surface area (Å²) in [4.78, 5) is 27.3. The molecule has 0 aromatic carbocycles. The summed E-state index contributed by atoms with van der Waals surface area (Å²) in [5, 5.41) is 13.5. The SMILES string of the molecule is Cc1cn2nc(-c3cc(=O)n4cc(N5CCN(CCOCCO)[C@H](C)C5)cc(C)c4n3)cc2c(C)n1. The number of aliphatic hydroxyl groups excluding tert-OH is 1. The zero-order valence-electron chi connectivity index (χ0n) is 21.3. The van der Waals surface area contributed by atoms with Crippen molar-refractivity contribution in [3.05, 3.63) is 57.9 Å². The Morgan fingerprint density at radius 2 is 1.89 bits per heavy atom. The van der Waals surface area contributed by atoms with Gasteiger partial charge >= 0.3 is 0 Å². The number of pyridine rings is 1. The first kappa shape index (κ1) is 24.4. The summed E-state index contributed by atoms with van der Waals surface area (Å²) in [5.74, 6) is 0. The first-order valence-electron chi connectivity index (χ1n) is 12.4. The second-order valence-corrected chi connectivity index (χ2v) is 9.55. The summed E-state index contributed by atoms with van der Waals surface area (Å²) >= 11 is 0. The van der Waals surface area contributed by atoms with Crippen LogP contribution in [0.25, 0.3) is 22.6 Å². The van der Waals surface area contributed by atoms with Gasteiger partial charge in [-0.3, -0.25) is 19.1 Å². The minimum Gasteiger partial charge on any atom is -0.394 e. The van der Waals surface area contributed by atoms with Gasteiger partial charge in [0.1, 0.15) is 11.3 Å². The van der Waals surface area contributed by atoms with E-state index in [1.807, 2.05) is 39.2 Å².